The second kappa shape index (κ2) is 8.88. The van der Waals surface area contributed by atoms with Crippen LogP contribution in [0.5, 0.6) is 0 Å². The van der Waals surface area contributed by atoms with Crippen molar-refractivity contribution in [2.75, 3.05) is 0 Å². The lowest BCUT2D eigenvalue weighted by Gasteiger charge is -2.22. The lowest BCUT2D eigenvalue weighted by Crippen LogP contribution is -2.36. The van der Waals surface area contributed by atoms with E-state index in [4.69, 9.17) is 18.8 Å². The Bertz CT molecular complexity index is 2410. The van der Waals surface area contributed by atoms with Crippen LogP contribution < -0.4 is 5.32 Å². The topological polar surface area (TPSA) is 75.9 Å². The maximum absolute atomic E-state index is 6.22. The van der Waals surface area contributed by atoms with Crippen LogP contribution in [-0.4, -0.2) is 16.7 Å². The minimum atomic E-state index is -0.492. The number of hydrogen-bond donors (Lipinski definition) is 1. The molecule has 3 aromatic heterocycles. The predicted octanol–water partition coefficient (Wildman–Crippen LogP) is 8.53. The third-order valence-corrected chi connectivity index (χ3v) is 8.01. The van der Waals surface area contributed by atoms with Gasteiger partial charge < -0.3 is 14.2 Å². The second-order valence-electron chi connectivity index (χ2n) is 10.5. The van der Waals surface area contributed by atoms with Crippen molar-refractivity contribution >= 4 is 66.3 Å². The number of rotatable bonds is 3. The summed E-state index contributed by atoms with van der Waals surface area (Å²) in [5.41, 5.74) is 5.99. The van der Waals surface area contributed by atoms with Crippen LogP contribution in [0.3, 0.4) is 0 Å². The molecular weight excluding hydrogens is 520 g/mol. The van der Waals surface area contributed by atoms with Crippen LogP contribution in [0.4, 0.5) is 0 Å². The summed E-state index contributed by atoms with van der Waals surface area (Å²) in [7, 11) is 0. The molecule has 198 valence electrons. The van der Waals surface area contributed by atoms with Crippen molar-refractivity contribution in [2.24, 2.45) is 9.98 Å². The summed E-state index contributed by atoms with van der Waals surface area (Å²) in [6.45, 7) is 0. The Hall–Kier alpha value is -5.75. The number of benzene rings is 5. The molecule has 0 fully saturated rings. The van der Waals surface area contributed by atoms with E-state index in [2.05, 4.69) is 83.1 Å². The Labute approximate surface area is 239 Å². The zero-order chi connectivity index (χ0) is 27.6. The minimum Gasteiger partial charge on any atom is -0.456 e. The highest BCUT2D eigenvalue weighted by Crippen LogP contribution is 2.35. The fraction of sp³-hybridized carbons (Fsp3) is 0.0278. The number of pyridine rings is 1. The molecule has 5 aromatic carbocycles. The molecule has 4 heterocycles. The predicted molar refractivity (Wildman–Crippen MR) is 168 cm³/mol. The third kappa shape index (κ3) is 3.55. The van der Waals surface area contributed by atoms with E-state index in [9.17, 15) is 0 Å². The SMILES string of the molecule is c1ccc2cc(C3=NC(c4ccc5c(c4)oc4ccccc45)N=C(c4cncc5oc6ccccc6c45)N3)ccc2c1. The zero-order valence-electron chi connectivity index (χ0n) is 22.3. The summed E-state index contributed by atoms with van der Waals surface area (Å²) < 4.78 is 12.4. The Morgan fingerprint density at radius 1 is 0.548 bits per heavy atom. The van der Waals surface area contributed by atoms with Crippen molar-refractivity contribution in [1.29, 1.82) is 0 Å². The lowest BCUT2D eigenvalue weighted by atomic mass is 10.0. The first-order valence-corrected chi connectivity index (χ1v) is 13.9. The molecule has 6 nitrogen and oxygen atoms in total. The zero-order valence-corrected chi connectivity index (χ0v) is 22.3. The second-order valence-corrected chi connectivity index (χ2v) is 10.5. The molecule has 1 aliphatic rings. The number of hydrogen-bond acceptors (Lipinski definition) is 6. The molecule has 1 atom stereocenters. The first-order valence-electron chi connectivity index (χ1n) is 13.9. The highest BCUT2D eigenvalue weighted by molar-refractivity contribution is 6.23. The van der Waals surface area contributed by atoms with Gasteiger partial charge >= 0.3 is 0 Å². The Morgan fingerprint density at radius 3 is 2.17 bits per heavy atom. The van der Waals surface area contributed by atoms with Crippen molar-refractivity contribution < 1.29 is 8.83 Å². The van der Waals surface area contributed by atoms with E-state index in [-0.39, 0.29) is 0 Å². The molecule has 0 radical (unpaired) electrons. The lowest BCUT2D eigenvalue weighted by molar-refractivity contribution is 0.665. The molecule has 8 aromatic rings. The molecule has 0 spiro atoms. The molecule has 1 aliphatic heterocycles. The molecule has 0 bridgehead atoms. The molecule has 0 saturated carbocycles. The van der Waals surface area contributed by atoms with Crippen LogP contribution in [0.25, 0.3) is 54.6 Å². The van der Waals surface area contributed by atoms with Gasteiger partial charge in [0.25, 0.3) is 0 Å². The van der Waals surface area contributed by atoms with Crippen LogP contribution in [-0.2, 0) is 0 Å². The average Bonchev–Trinajstić information content (AvgIpc) is 3.62. The van der Waals surface area contributed by atoms with E-state index in [0.717, 1.165) is 66.2 Å². The number of furan rings is 2. The maximum atomic E-state index is 6.22. The monoisotopic (exact) mass is 542 g/mol. The van der Waals surface area contributed by atoms with Gasteiger partial charge in [0.05, 0.1) is 6.20 Å². The molecule has 1 unspecified atom stereocenters. The molecule has 6 heteroatoms. The first-order chi connectivity index (χ1) is 20.8. The number of aliphatic imine (C=N–C) groups is 2. The maximum Gasteiger partial charge on any atom is 0.169 e. The van der Waals surface area contributed by atoms with Gasteiger partial charge in [-0.05, 0) is 35.0 Å². The summed E-state index contributed by atoms with van der Waals surface area (Å²) in [6, 6.07) is 37.1. The van der Waals surface area contributed by atoms with Crippen LogP contribution in [0.2, 0.25) is 0 Å². The van der Waals surface area contributed by atoms with E-state index in [1.807, 2.05) is 42.6 Å². The van der Waals surface area contributed by atoms with Crippen LogP contribution in [0, 0.1) is 0 Å². The van der Waals surface area contributed by atoms with Gasteiger partial charge in [0.15, 0.2) is 11.7 Å². The van der Waals surface area contributed by atoms with E-state index < -0.39 is 6.17 Å². The highest BCUT2D eigenvalue weighted by atomic mass is 16.3. The fourth-order valence-electron chi connectivity index (χ4n) is 5.98. The van der Waals surface area contributed by atoms with Gasteiger partial charge in [0, 0.05) is 44.4 Å². The van der Waals surface area contributed by atoms with Crippen molar-refractivity contribution in [3.05, 3.63) is 138 Å². The Morgan fingerprint density at radius 2 is 1.26 bits per heavy atom. The van der Waals surface area contributed by atoms with E-state index in [1.54, 1.807) is 6.20 Å². The largest absolute Gasteiger partial charge is 0.456 e. The average molecular weight is 543 g/mol. The van der Waals surface area contributed by atoms with Crippen molar-refractivity contribution in [2.45, 2.75) is 6.17 Å². The molecule has 9 rings (SSSR count). The summed E-state index contributed by atoms with van der Waals surface area (Å²) in [5.74, 6) is 1.43. The van der Waals surface area contributed by atoms with Crippen LogP contribution in [0.15, 0.2) is 140 Å². The highest BCUT2D eigenvalue weighted by Gasteiger charge is 2.24. The smallest absolute Gasteiger partial charge is 0.169 e. The van der Waals surface area contributed by atoms with Crippen molar-refractivity contribution in [1.82, 2.24) is 10.3 Å². The molecule has 1 N–H and O–H groups in total. The van der Waals surface area contributed by atoms with Gasteiger partial charge in [-0.2, -0.15) is 0 Å². The Balaban J connectivity index is 1.24. The molecule has 0 amide bonds. The number of fused-ring (bicyclic) bond motifs is 7. The van der Waals surface area contributed by atoms with Crippen molar-refractivity contribution in [3.8, 4) is 0 Å². The molecular formula is C36H22N4O2. The first kappa shape index (κ1) is 23.0. The van der Waals surface area contributed by atoms with Gasteiger partial charge in [-0.3, -0.25) is 4.98 Å². The quantitative estimate of drug-likeness (QED) is 0.243. The summed E-state index contributed by atoms with van der Waals surface area (Å²) in [5, 5.41) is 10.0. The minimum absolute atomic E-state index is 0.492. The van der Waals surface area contributed by atoms with Gasteiger partial charge in [-0.1, -0.05) is 84.9 Å². The van der Waals surface area contributed by atoms with Gasteiger partial charge in [0.1, 0.15) is 28.4 Å². The van der Waals surface area contributed by atoms with Gasteiger partial charge in [0.2, 0.25) is 0 Å². The molecule has 42 heavy (non-hydrogen) atoms. The van der Waals surface area contributed by atoms with Gasteiger partial charge in [-0.25, -0.2) is 9.98 Å². The van der Waals surface area contributed by atoms with E-state index in [1.165, 1.54) is 5.39 Å². The van der Waals surface area contributed by atoms with Crippen LogP contribution in [0.1, 0.15) is 22.9 Å². The number of aromatic nitrogens is 1. The van der Waals surface area contributed by atoms with E-state index in [0.29, 0.717) is 11.4 Å². The fourth-order valence-corrected chi connectivity index (χ4v) is 5.98. The van der Waals surface area contributed by atoms with E-state index >= 15 is 0 Å². The Kier molecular flexibility index (Phi) is 4.86. The van der Waals surface area contributed by atoms with Crippen molar-refractivity contribution in [3.63, 3.8) is 0 Å². The number of nitrogens with zero attached hydrogens (tertiary/aromatic N) is 3. The molecule has 0 saturated heterocycles. The summed E-state index contributed by atoms with van der Waals surface area (Å²) in [6.07, 6.45) is 3.11. The standard InChI is InChI=1S/C36H22N4O2/c1-2-8-22-17-23(14-13-21(22)7-1)34-38-35(24-15-16-26-25-9-3-5-11-29(25)41-31(26)18-24)40-36(39-34)28-19-37-20-32-33(28)27-10-4-6-12-30(27)42-32/h1-20,35H,(H,38,39,40). The number of para-hydroxylation sites is 2. The summed E-state index contributed by atoms with van der Waals surface area (Å²) >= 11 is 0. The summed E-state index contributed by atoms with van der Waals surface area (Å²) in [4.78, 5) is 14.8. The molecule has 0 aliphatic carbocycles. The number of amidine groups is 2. The number of nitrogens with one attached hydrogen (secondary N) is 1. The normalized spacial score (nSPS) is 15.4. The van der Waals surface area contributed by atoms with Gasteiger partial charge in [-0.15, -0.1) is 0 Å². The van der Waals surface area contributed by atoms with Crippen LogP contribution >= 0.6 is 0 Å². The third-order valence-electron chi connectivity index (χ3n) is 8.01.